The van der Waals surface area contributed by atoms with Gasteiger partial charge in [0.2, 0.25) is 5.91 Å². The number of hydrogen-bond donors (Lipinski definition) is 3. The zero-order valence-electron chi connectivity index (χ0n) is 17.4. The highest BCUT2D eigenvalue weighted by Gasteiger charge is 2.16. The van der Waals surface area contributed by atoms with Crippen LogP contribution in [-0.2, 0) is 11.3 Å². The Bertz CT molecular complexity index is 1060. The van der Waals surface area contributed by atoms with E-state index in [4.69, 9.17) is 5.73 Å². The Morgan fingerprint density at radius 3 is 2.76 bits per heavy atom. The average Bonchev–Trinajstić information content (AvgIpc) is 3.11. The molecule has 1 aromatic carbocycles. The van der Waals surface area contributed by atoms with Crippen molar-refractivity contribution < 1.29 is 4.79 Å². The Labute approximate surface area is 170 Å². The molecule has 0 unspecified atom stereocenters. The average molecular weight is 399 g/mol. The molecule has 156 valence electrons. The molecule has 0 atom stereocenters. The van der Waals surface area contributed by atoms with E-state index in [2.05, 4.69) is 34.3 Å². The second kappa shape index (κ2) is 9.19. The largest absolute Gasteiger partial charge is 0.330 e. The van der Waals surface area contributed by atoms with E-state index in [1.165, 1.54) is 0 Å². The number of fused-ring (bicyclic) bond motifs is 3. The molecule has 0 aliphatic carbocycles. The number of nitrogens with zero attached hydrogens (tertiary/aromatic N) is 3. The number of aromatic amines is 1. The summed E-state index contributed by atoms with van der Waals surface area (Å²) in [4.78, 5) is 27.6. The second-order valence-corrected chi connectivity index (χ2v) is 7.23. The number of nitrogens with one attached hydrogen (secondary N) is 2. The number of benzene rings is 1. The molecular weight excluding hydrogens is 368 g/mol. The van der Waals surface area contributed by atoms with E-state index in [0.29, 0.717) is 42.5 Å². The van der Waals surface area contributed by atoms with Crippen LogP contribution in [0.1, 0.15) is 32.4 Å². The molecule has 4 N–H and O–H groups in total. The van der Waals surface area contributed by atoms with Gasteiger partial charge < -0.3 is 20.5 Å². The summed E-state index contributed by atoms with van der Waals surface area (Å²) in [5.41, 5.74) is 8.46. The van der Waals surface area contributed by atoms with E-state index in [0.717, 1.165) is 36.2 Å². The minimum atomic E-state index is -0.0665. The smallest absolute Gasteiger partial charge is 0.262 e. The van der Waals surface area contributed by atoms with Crippen LogP contribution in [0.2, 0.25) is 0 Å². The number of anilines is 1. The van der Waals surface area contributed by atoms with Crippen molar-refractivity contribution in [3.8, 4) is 0 Å². The van der Waals surface area contributed by atoms with E-state index in [1.54, 1.807) is 4.57 Å². The summed E-state index contributed by atoms with van der Waals surface area (Å²) in [7, 11) is 0. The van der Waals surface area contributed by atoms with E-state index >= 15 is 0 Å². The van der Waals surface area contributed by atoms with Crippen LogP contribution in [0.3, 0.4) is 0 Å². The van der Waals surface area contributed by atoms with Crippen molar-refractivity contribution in [2.24, 2.45) is 5.73 Å². The summed E-state index contributed by atoms with van der Waals surface area (Å²) in [6.07, 6.45) is 1.15. The first-order chi connectivity index (χ1) is 14.0. The Balaban J connectivity index is 1.96. The van der Waals surface area contributed by atoms with Gasteiger partial charge in [0.1, 0.15) is 5.52 Å². The lowest BCUT2D eigenvalue weighted by Crippen LogP contribution is -2.27. The third-order valence-corrected chi connectivity index (χ3v) is 5.37. The third kappa shape index (κ3) is 4.33. The highest BCUT2D eigenvalue weighted by Crippen LogP contribution is 2.26. The van der Waals surface area contributed by atoms with Crippen LogP contribution in [0.5, 0.6) is 0 Å². The second-order valence-electron chi connectivity index (χ2n) is 7.23. The zero-order chi connectivity index (χ0) is 21.0. The molecule has 2 heterocycles. The van der Waals surface area contributed by atoms with Gasteiger partial charge in [0.05, 0.1) is 10.9 Å². The van der Waals surface area contributed by atoms with Crippen molar-refractivity contribution in [3.05, 3.63) is 34.2 Å². The number of nitrogens with two attached hydrogens (primary N) is 1. The molecule has 0 saturated heterocycles. The lowest BCUT2D eigenvalue weighted by atomic mass is 10.1. The predicted molar refractivity (Wildman–Crippen MR) is 117 cm³/mol. The highest BCUT2D eigenvalue weighted by atomic mass is 16.1. The number of H-pyrrole nitrogens is 1. The molecule has 0 aliphatic rings. The molecule has 29 heavy (non-hydrogen) atoms. The van der Waals surface area contributed by atoms with Crippen molar-refractivity contribution in [3.63, 3.8) is 0 Å². The van der Waals surface area contributed by atoms with Gasteiger partial charge in [-0.05, 0) is 51.2 Å². The highest BCUT2D eigenvalue weighted by molar-refractivity contribution is 6.06. The van der Waals surface area contributed by atoms with Gasteiger partial charge >= 0.3 is 0 Å². The van der Waals surface area contributed by atoms with Crippen molar-refractivity contribution in [1.29, 1.82) is 0 Å². The summed E-state index contributed by atoms with van der Waals surface area (Å²) in [6.45, 7) is 9.66. The van der Waals surface area contributed by atoms with Crippen LogP contribution in [0.15, 0.2) is 23.0 Å². The SMILES string of the molecule is CCN(CC)CCC(=O)Nc1ccc2c(c1)c1n[nH]c(C)c1c(=O)n2CCCN. The first-order valence-corrected chi connectivity index (χ1v) is 10.2. The van der Waals surface area contributed by atoms with Gasteiger partial charge in [-0.1, -0.05) is 13.8 Å². The molecule has 0 fully saturated rings. The summed E-state index contributed by atoms with van der Waals surface area (Å²) < 4.78 is 1.75. The van der Waals surface area contributed by atoms with Gasteiger partial charge in [0.15, 0.2) is 0 Å². The van der Waals surface area contributed by atoms with Crippen molar-refractivity contribution >= 4 is 33.4 Å². The summed E-state index contributed by atoms with van der Waals surface area (Å²) >= 11 is 0. The van der Waals surface area contributed by atoms with Gasteiger partial charge in [0.25, 0.3) is 5.56 Å². The minimum Gasteiger partial charge on any atom is -0.330 e. The molecule has 0 aliphatic heterocycles. The molecule has 8 nitrogen and oxygen atoms in total. The van der Waals surface area contributed by atoms with Crippen molar-refractivity contribution in [1.82, 2.24) is 19.7 Å². The Hall–Kier alpha value is -2.71. The molecule has 8 heteroatoms. The van der Waals surface area contributed by atoms with Gasteiger partial charge in [-0.15, -0.1) is 0 Å². The van der Waals surface area contributed by atoms with Gasteiger partial charge in [-0.3, -0.25) is 14.7 Å². The number of carbonyl (C=O) groups is 1. The van der Waals surface area contributed by atoms with Gasteiger partial charge in [-0.2, -0.15) is 5.10 Å². The summed E-state index contributed by atoms with van der Waals surface area (Å²) in [5.74, 6) is -0.0258. The fourth-order valence-electron chi connectivity index (χ4n) is 3.66. The molecule has 3 aromatic rings. The van der Waals surface area contributed by atoms with Crippen LogP contribution in [-0.4, -0.2) is 51.8 Å². The molecule has 0 bridgehead atoms. The molecule has 0 saturated carbocycles. The van der Waals surface area contributed by atoms with Crippen molar-refractivity contribution in [2.75, 3.05) is 31.5 Å². The third-order valence-electron chi connectivity index (χ3n) is 5.37. The number of hydrogen-bond acceptors (Lipinski definition) is 5. The van der Waals surface area contributed by atoms with Gasteiger partial charge in [0, 0.05) is 36.3 Å². The molecule has 1 amide bonds. The number of aromatic nitrogens is 3. The maximum absolute atomic E-state index is 13.0. The number of carbonyl (C=O) groups excluding carboxylic acids is 1. The maximum Gasteiger partial charge on any atom is 0.262 e. The number of amides is 1. The van der Waals surface area contributed by atoms with Crippen LogP contribution in [0.4, 0.5) is 5.69 Å². The summed E-state index contributed by atoms with van der Waals surface area (Å²) in [5, 5.41) is 11.7. The first-order valence-electron chi connectivity index (χ1n) is 10.2. The molecule has 0 radical (unpaired) electrons. The summed E-state index contributed by atoms with van der Waals surface area (Å²) in [6, 6.07) is 5.60. The van der Waals surface area contributed by atoms with E-state index in [1.807, 2.05) is 25.1 Å². The monoisotopic (exact) mass is 398 g/mol. The normalized spacial score (nSPS) is 11.6. The minimum absolute atomic E-state index is 0.0258. The van der Waals surface area contributed by atoms with E-state index in [-0.39, 0.29) is 11.5 Å². The Kier molecular flexibility index (Phi) is 6.66. The zero-order valence-corrected chi connectivity index (χ0v) is 17.4. The Morgan fingerprint density at radius 1 is 1.31 bits per heavy atom. The van der Waals surface area contributed by atoms with Crippen LogP contribution < -0.4 is 16.6 Å². The first kappa shape index (κ1) is 21.0. The van der Waals surface area contributed by atoms with Gasteiger partial charge in [-0.25, -0.2) is 0 Å². The number of aryl methyl sites for hydroxylation is 2. The predicted octanol–water partition coefficient (Wildman–Crippen LogP) is 2.21. The quantitative estimate of drug-likeness (QED) is 0.512. The van der Waals surface area contributed by atoms with Crippen LogP contribution in [0.25, 0.3) is 21.8 Å². The number of rotatable bonds is 9. The lowest BCUT2D eigenvalue weighted by Gasteiger charge is -2.17. The van der Waals surface area contributed by atoms with Crippen molar-refractivity contribution in [2.45, 2.75) is 40.2 Å². The standard InChI is InChI=1S/C21H30N6O2/c1-4-26(5-2)12-9-18(28)23-15-7-8-17-16(13-15)20-19(14(3)24-25-20)21(29)27(17)11-6-10-22/h7-8,13H,4-6,9-12,22H2,1-3H3,(H,23,28)(H,24,25). The number of pyridine rings is 1. The fraction of sp³-hybridized carbons (Fsp3) is 0.476. The fourth-order valence-corrected chi connectivity index (χ4v) is 3.66. The molecule has 3 rings (SSSR count). The van der Waals surface area contributed by atoms with Crippen LogP contribution >= 0.6 is 0 Å². The molecule has 2 aromatic heterocycles. The molecular formula is C21H30N6O2. The van der Waals surface area contributed by atoms with Crippen LogP contribution in [0, 0.1) is 6.92 Å². The van der Waals surface area contributed by atoms with E-state index < -0.39 is 0 Å². The maximum atomic E-state index is 13.0. The topological polar surface area (TPSA) is 109 Å². The lowest BCUT2D eigenvalue weighted by molar-refractivity contribution is -0.116. The molecule has 0 spiro atoms. The Morgan fingerprint density at radius 2 is 2.07 bits per heavy atom. The van der Waals surface area contributed by atoms with E-state index in [9.17, 15) is 9.59 Å².